The summed E-state index contributed by atoms with van der Waals surface area (Å²) >= 11 is 0. The van der Waals surface area contributed by atoms with Crippen LogP contribution in [-0.2, 0) is 6.54 Å². The van der Waals surface area contributed by atoms with E-state index in [1.807, 2.05) is 18.5 Å². The molecule has 3 nitrogen and oxygen atoms in total. The number of benzene rings is 3. The smallest absolute Gasteiger partial charge is 0.223 e. The minimum absolute atomic E-state index is 0.595. The van der Waals surface area contributed by atoms with Crippen LogP contribution in [0.15, 0.2) is 103 Å². The highest BCUT2D eigenvalue weighted by Gasteiger charge is 2.10. The van der Waals surface area contributed by atoms with Crippen molar-refractivity contribution in [2.45, 2.75) is 6.54 Å². The Balaban J connectivity index is 1.34. The number of rotatable bonds is 5. The first-order valence-electron chi connectivity index (χ1n) is 9.56. The molecule has 2 aromatic heterocycles. The van der Waals surface area contributed by atoms with E-state index < -0.39 is 0 Å². The maximum atomic E-state index is 5.96. The van der Waals surface area contributed by atoms with E-state index >= 15 is 0 Å². The molecule has 28 heavy (non-hydrogen) atoms. The third kappa shape index (κ3) is 3.01. The van der Waals surface area contributed by atoms with Crippen LogP contribution in [0.4, 0.5) is 0 Å². The fourth-order valence-corrected chi connectivity index (χ4v) is 3.80. The average molecular weight is 365 g/mol. The largest absolute Gasteiger partial charge is 0.337 e. The van der Waals surface area contributed by atoms with E-state index in [1.54, 1.807) is 4.73 Å². The summed E-state index contributed by atoms with van der Waals surface area (Å²) in [6.07, 6.45) is 3.93. The molecule has 0 fully saturated rings. The van der Waals surface area contributed by atoms with Crippen LogP contribution < -0.4 is 9.57 Å². The van der Waals surface area contributed by atoms with Crippen LogP contribution in [-0.4, -0.2) is 11.2 Å². The second kappa shape index (κ2) is 7.20. The van der Waals surface area contributed by atoms with Gasteiger partial charge < -0.3 is 4.57 Å². The van der Waals surface area contributed by atoms with Crippen LogP contribution in [0, 0.1) is 0 Å². The molecule has 2 heterocycles. The standard InChI is InChI=1S/C25H21N2O/c1-2-8-20(9-3-1)21-14-16-26(17-15-21)28-19-18-27-24-12-6-4-10-22(24)23-11-5-7-13-25(23)27/h1-17H,18-19H2/q+1. The maximum Gasteiger partial charge on any atom is 0.223 e. The van der Waals surface area contributed by atoms with E-state index in [1.165, 1.54) is 32.9 Å². The van der Waals surface area contributed by atoms with Crippen molar-refractivity contribution in [1.29, 1.82) is 0 Å². The number of pyridine rings is 1. The summed E-state index contributed by atoms with van der Waals surface area (Å²) in [6.45, 7) is 1.39. The highest BCUT2D eigenvalue weighted by Crippen LogP contribution is 2.28. The first-order valence-corrected chi connectivity index (χ1v) is 9.56. The van der Waals surface area contributed by atoms with E-state index in [0.717, 1.165) is 6.54 Å². The van der Waals surface area contributed by atoms with E-state index in [2.05, 4.69) is 89.5 Å². The zero-order valence-electron chi connectivity index (χ0n) is 15.5. The lowest BCUT2D eigenvalue weighted by Crippen LogP contribution is -2.43. The van der Waals surface area contributed by atoms with Crippen molar-refractivity contribution in [2.24, 2.45) is 0 Å². The van der Waals surface area contributed by atoms with Crippen LogP contribution >= 0.6 is 0 Å². The Morgan fingerprint density at radius 1 is 0.607 bits per heavy atom. The zero-order valence-corrected chi connectivity index (χ0v) is 15.5. The molecular weight excluding hydrogens is 344 g/mol. The SMILES string of the molecule is c1ccc(-c2cc[n+](OCCn3c4ccccc4c4ccccc43)cc2)cc1. The van der Waals surface area contributed by atoms with Gasteiger partial charge in [-0.2, -0.15) is 0 Å². The van der Waals surface area contributed by atoms with Crippen LogP contribution in [0.2, 0.25) is 0 Å². The number of nitrogens with zero attached hydrogens (tertiary/aromatic N) is 2. The lowest BCUT2D eigenvalue weighted by molar-refractivity contribution is -0.891. The van der Waals surface area contributed by atoms with Crippen LogP contribution in [0.3, 0.4) is 0 Å². The predicted octanol–water partition coefficient (Wildman–Crippen LogP) is 4.88. The molecule has 0 aliphatic heterocycles. The number of hydrogen-bond donors (Lipinski definition) is 0. The lowest BCUT2D eigenvalue weighted by Gasteiger charge is -2.06. The lowest BCUT2D eigenvalue weighted by atomic mass is 10.1. The average Bonchev–Trinajstić information content (AvgIpc) is 3.09. The Bertz CT molecular complexity index is 1170. The van der Waals surface area contributed by atoms with E-state index in [9.17, 15) is 0 Å². The molecule has 136 valence electrons. The summed E-state index contributed by atoms with van der Waals surface area (Å²) < 4.78 is 4.11. The quantitative estimate of drug-likeness (QED) is 0.406. The minimum Gasteiger partial charge on any atom is -0.337 e. The van der Waals surface area contributed by atoms with Gasteiger partial charge in [-0.05, 0) is 23.3 Å². The number of hydrogen-bond acceptors (Lipinski definition) is 1. The van der Waals surface area contributed by atoms with E-state index in [4.69, 9.17) is 4.84 Å². The molecule has 0 atom stereocenters. The number of fused-ring (bicyclic) bond motifs is 3. The summed E-state index contributed by atoms with van der Waals surface area (Å²) in [5.41, 5.74) is 4.89. The maximum absolute atomic E-state index is 5.96. The monoisotopic (exact) mass is 365 g/mol. The Morgan fingerprint density at radius 3 is 1.79 bits per heavy atom. The van der Waals surface area contributed by atoms with E-state index in [0.29, 0.717) is 6.61 Å². The summed E-state index contributed by atoms with van der Waals surface area (Å²) in [4.78, 5) is 5.96. The number of aromatic nitrogens is 2. The van der Waals surface area contributed by atoms with Gasteiger partial charge in [0.25, 0.3) is 0 Å². The van der Waals surface area contributed by atoms with Gasteiger partial charge in [0.1, 0.15) is 0 Å². The normalized spacial score (nSPS) is 11.1. The first-order chi connectivity index (χ1) is 13.9. The van der Waals surface area contributed by atoms with Crippen molar-refractivity contribution in [3.8, 4) is 11.1 Å². The van der Waals surface area contributed by atoms with Gasteiger partial charge in [0.2, 0.25) is 12.4 Å². The van der Waals surface area contributed by atoms with Crippen molar-refractivity contribution in [3.05, 3.63) is 103 Å². The Labute approximate surface area is 164 Å². The predicted molar refractivity (Wildman–Crippen MR) is 113 cm³/mol. The third-order valence-electron chi connectivity index (χ3n) is 5.14. The molecule has 5 rings (SSSR count). The first kappa shape index (κ1) is 16.6. The highest BCUT2D eigenvalue weighted by atomic mass is 16.7. The van der Waals surface area contributed by atoms with Gasteiger partial charge in [-0.25, -0.2) is 0 Å². The molecule has 3 aromatic carbocycles. The molecule has 0 bridgehead atoms. The summed E-state index contributed by atoms with van der Waals surface area (Å²) in [7, 11) is 0. The van der Waals surface area contributed by atoms with Crippen LogP contribution in [0.5, 0.6) is 0 Å². The summed E-state index contributed by atoms with van der Waals surface area (Å²) in [5.74, 6) is 0. The fourth-order valence-electron chi connectivity index (χ4n) is 3.80. The van der Waals surface area contributed by atoms with Crippen molar-refractivity contribution < 1.29 is 9.57 Å². The molecule has 0 N–H and O–H groups in total. The van der Waals surface area contributed by atoms with Gasteiger partial charge in [0, 0.05) is 38.7 Å². The van der Waals surface area contributed by atoms with Crippen molar-refractivity contribution in [3.63, 3.8) is 0 Å². The highest BCUT2D eigenvalue weighted by molar-refractivity contribution is 6.07. The summed E-state index contributed by atoms with van der Waals surface area (Å²) in [6, 6.07) is 31.6. The van der Waals surface area contributed by atoms with Gasteiger partial charge >= 0.3 is 0 Å². The van der Waals surface area contributed by atoms with Gasteiger partial charge in [-0.3, -0.25) is 4.84 Å². The Morgan fingerprint density at radius 2 is 1.14 bits per heavy atom. The van der Waals surface area contributed by atoms with Crippen molar-refractivity contribution in [2.75, 3.05) is 6.61 Å². The molecule has 0 saturated heterocycles. The van der Waals surface area contributed by atoms with Crippen LogP contribution in [0.25, 0.3) is 32.9 Å². The minimum atomic E-state index is 0.595. The second-order valence-corrected chi connectivity index (χ2v) is 6.83. The number of para-hydroxylation sites is 2. The third-order valence-corrected chi connectivity index (χ3v) is 5.14. The van der Waals surface area contributed by atoms with Crippen molar-refractivity contribution >= 4 is 21.8 Å². The molecule has 3 heteroatoms. The Kier molecular flexibility index (Phi) is 4.26. The topological polar surface area (TPSA) is 18.0 Å². The van der Waals surface area contributed by atoms with Gasteiger partial charge in [0.15, 0.2) is 6.61 Å². The van der Waals surface area contributed by atoms with Gasteiger partial charge in [0.05, 0.1) is 6.54 Å². The van der Waals surface area contributed by atoms with Crippen molar-refractivity contribution in [1.82, 2.24) is 4.57 Å². The Hall–Kier alpha value is -3.59. The molecule has 0 aliphatic carbocycles. The molecule has 0 unspecified atom stereocenters. The zero-order chi connectivity index (χ0) is 18.8. The fraction of sp³-hybridized carbons (Fsp3) is 0.0800. The van der Waals surface area contributed by atoms with Crippen LogP contribution in [0.1, 0.15) is 0 Å². The van der Waals surface area contributed by atoms with Gasteiger partial charge in [-0.1, -0.05) is 66.7 Å². The van der Waals surface area contributed by atoms with E-state index in [-0.39, 0.29) is 0 Å². The molecule has 0 amide bonds. The second-order valence-electron chi connectivity index (χ2n) is 6.83. The molecule has 5 aromatic rings. The molecule has 0 saturated carbocycles. The summed E-state index contributed by atoms with van der Waals surface area (Å²) in [5, 5.41) is 2.58. The molecule has 0 spiro atoms. The molecule has 0 radical (unpaired) electrons. The van der Waals surface area contributed by atoms with Gasteiger partial charge in [-0.15, -0.1) is 0 Å². The molecule has 0 aliphatic rings. The molecular formula is C25H21N2O+.